The van der Waals surface area contributed by atoms with Gasteiger partial charge in [0.2, 0.25) is 0 Å². The Balaban J connectivity index is 2.74. The number of hydrogen-bond donors (Lipinski definition) is 1. The van der Waals surface area contributed by atoms with Gasteiger partial charge in [0.05, 0.1) is 12.7 Å². The molecule has 0 fully saturated rings. The Bertz CT molecular complexity index is 570. The molecule has 0 radical (unpaired) electrons. The van der Waals surface area contributed by atoms with Crippen LogP contribution >= 0.6 is 11.6 Å². The molecule has 0 aliphatic carbocycles. The first-order valence-corrected chi connectivity index (χ1v) is 5.98. The Morgan fingerprint density at radius 1 is 1.60 bits per heavy atom. The highest BCUT2D eigenvalue weighted by Crippen LogP contribution is 2.18. The average molecular weight is 297 g/mol. The smallest absolute Gasteiger partial charge is 0.254 e. The van der Waals surface area contributed by atoms with E-state index in [2.05, 4.69) is 23.6 Å². The number of halogens is 2. The molecule has 0 aliphatic rings. The Labute approximate surface area is 121 Å². The fourth-order valence-electron chi connectivity index (χ4n) is 1.44. The van der Waals surface area contributed by atoms with Gasteiger partial charge in [-0.1, -0.05) is 24.2 Å². The summed E-state index contributed by atoms with van der Waals surface area (Å²) in [5.41, 5.74) is 0.693. The minimum atomic E-state index is -0.496. The second-order valence-electron chi connectivity index (χ2n) is 3.78. The zero-order valence-corrected chi connectivity index (χ0v) is 11.7. The standard InChI is InChI=1S/C14H14ClFN2O2/c1-9(15)11(8-17-2)14(19)18-7-10-4-5-13(20-3)12(16)6-10/h4-6,8H,1-2,7H2,3H3,(H,18,19)/b11-8+. The van der Waals surface area contributed by atoms with Crippen LogP contribution in [0.5, 0.6) is 5.75 Å². The quantitative estimate of drug-likeness (QED) is 0.498. The lowest BCUT2D eigenvalue weighted by Crippen LogP contribution is -2.24. The van der Waals surface area contributed by atoms with Crippen LogP contribution in [0.4, 0.5) is 4.39 Å². The maximum Gasteiger partial charge on any atom is 0.254 e. The van der Waals surface area contributed by atoms with E-state index in [0.717, 1.165) is 0 Å². The molecule has 1 amide bonds. The van der Waals surface area contributed by atoms with Gasteiger partial charge in [-0.2, -0.15) is 0 Å². The Morgan fingerprint density at radius 2 is 2.30 bits per heavy atom. The predicted octanol–water partition coefficient (Wildman–Crippen LogP) is 2.79. The van der Waals surface area contributed by atoms with Crippen molar-refractivity contribution in [1.29, 1.82) is 0 Å². The number of nitrogens with one attached hydrogen (secondary N) is 1. The van der Waals surface area contributed by atoms with Crippen molar-refractivity contribution in [2.75, 3.05) is 7.11 Å². The van der Waals surface area contributed by atoms with Crippen molar-refractivity contribution in [1.82, 2.24) is 5.32 Å². The van der Waals surface area contributed by atoms with E-state index >= 15 is 0 Å². The third kappa shape index (κ3) is 4.20. The maximum atomic E-state index is 13.5. The first kappa shape index (κ1) is 15.9. The minimum absolute atomic E-state index is 0.0517. The van der Waals surface area contributed by atoms with E-state index in [1.165, 1.54) is 25.4 Å². The second kappa shape index (κ2) is 7.45. The monoisotopic (exact) mass is 296 g/mol. The highest BCUT2D eigenvalue weighted by molar-refractivity contribution is 6.35. The molecule has 1 rings (SSSR count). The van der Waals surface area contributed by atoms with Gasteiger partial charge in [0.25, 0.3) is 5.91 Å². The van der Waals surface area contributed by atoms with Gasteiger partial charge >= 0.3 is 0 Å². The number of methoxy groups -OCH3 is 1. The van der Waals surface area contributed by atoms with Crippen molar-refractivity contribution in [3.8, 4) is 5.75 Å². The van der Waals surface area contributed by atoms with Gasteiger partial charge in [-0.25, -0.2) is 4.39 Å². The average Bonchev–Trinajstić information content (AvgIpc) is 2.42. The third-order valence-electron chi connectivity index (χ3n) is 2.43. The molecule has 6 heteroatoms. The first-order valence-electron chi connectivity index (χ1n) is 5.61. The maximum absolute atomic E-state index is 13.5. The van der Waals surface area contributed by atoms with Crippen molar-refractivity contribution in [2.24, 2.45) is 4.99 Å². The summed E-state index contributed by atoms with van der Waals surface area (Å²) in [5.74, 6) is -0.816. The topological polar surface area (TPSA) is 50.7 Å². The summed E-state index contributed by atoms with van der Waals surface area (Å²) in [6.45, 7) is 6.84. The second-order valence-corrected chi connectivity index (χ2v) is 4.24. The molecular formula is C14H14ClFN2O2. The molecule has 0 spiro atoms. The number of ether oxygens (including phenoxy) is 1. The van der Waals surface area contributed by atoms with Crippen molar-refractivity contribution >= 4 is 24.2 Å². The van der Waals surface area contributed by atoms with E-state index in [0.29, 0.717) is 5.56 Å². The summed E-state index contributed by atoms with van der Waals surface area (Å²) < 4.78 is 18.3. The molecule has 4 nitrogen and oxygen atoms in total. The van der Waals surface area contributed by atoms with Crippen molar-refractivity contribution in [3.63, 3.8) is 0 Å². The fraction of sp³-hybridized carbons (Fsp3) is 0.143. The summed E-state index contributed by atoms with van der Waals surface area (Å²) >= 11 is 5.68. The molecule has 0 heterocycles. The van der Waals surface area contributed by atoms with Gasteiger partial charge in [0.1, 0.15) is 0 Å². The summed E-state index contributed by atoms with van der Waals surface area (Å²) in [6, 6.07) is 4.41. The number of carbonyl (C=O) groups is 1. The van der Waals surface area contributed by atoms with E-state index in [4.69, 9.17) is 16.3 Å². The summed E-state index contributed by atoms with van der Waals surface area (Å²) in [7, 11) is 1.38. The molecule has 0 unspecified atom stereocenters. The van der Waals surface area contributed by atoms with Crippen molar-refractivity contribution in [2.45, 2.75) is 6.54 Å². The van der Waals surface area contributed by atoms with Crippen molar-refractivity contribution in [3.05, 3.63) is 53.0 Å². The van der Waals surface area contributed by atoms with Crippen LogP contribution in [0.2, 0.25) is 0 Å². The molecule has 106 valence electrons. The highest BCUT2D eigenvalue weighted by atomic mass is 35.5. The molecule has 0 aromatic heterocycles. The van der Waals surface area contributed by atoms with E-state index in [1.54, 1.807) is 6.07 Å². The van der Waals surface area contributed by atoms with E-state index in [9.17, 15) is 9.18 Å². The lowest BCUT2D eigenvalue weighted by molar-refractivity contribution is -0.117. The molecule has 0 saturated heterocycles. The van der Waals surface area contributed by atoms with Gasteiger partial charge in [-0.3, -0.25) is 9.79 Å². The van der Waals surface area contributed by atoms with Crippen LogP contribution < -0.4 is 10.1 Å². The highest BCUT2D eigenvalue weighted by Gasteiger charge is 2.11. The SMILES string of the molecule is C=N/C=C(\C(=C)Cl)C(=O)NCc1ccc(OC)c(F)c1. The first-order chi connectivity index (χ1) is 9.49. The summed E-state index contributed by atoms with van der Waals surface area (Å²) in [4.78, 5) is 15.3. The van der Waals surface area contributed by atoms with Crippen molar-refractivity contribution < 1.29 is 13.9 Å². The summed E-state index contributed by atoms with van der Waals surface area (Å²) in [5, 5.41) is 2.63. The van der Waals surface area contributed by atoms with Crippen LogP contribution in [0.25, 0.3) is 0 Å². The Morgan fingerprint density at radius 3 is 2.80 bits per heavy atom. The van der Waals surface area contributed by atoms with E-state index in [-0.39, 0.29) is 22.9 Å². The van der Waals surface area contributed by atoms with Gasteiger partial charge in [-0.05, 0) is 24.4 Å². The molecule has 1 aromatic rings. The van der Waals surface area contributed by atoms with Gasteiger partial charge in [0.15, 0.2) is 11.6 Å². The van der Waals surface area contributed by atoms with Crippen LogP contribution in [0, 0.1) is 5.82 Å². The fourth-order valence-corrected chi connectivity index (χ4v) is 1.58. The molecule has 0 atom stereocenters. The number of carbonyl (C=O) groups excluding carboxylic acids is 1. The molecule has 0 saturated carbocycles. The predicted molar refractivity (Wildman–Crippen MR) is 77.4 cm³/mol. The van der Waals surface area contributed by atoms with Crippen LogP contribution in [-0.4, -0.2) is 19.7 Å². The lowest BCUT2D eigenvalue weighted by Gasteiger charge is -2.08. The van der Waals surface area contributed by atoms with Crippen LogP contribution in [0.15, 0.2) is 46.6 Å². The molecule has 20 heavy (non-hydrogen) atoms. The lowest BCUT2D eigenvalue weighted by atomic mass is 10.2. The molecule has 0 aliphatic heterocycles. The zero-order chi connectivity index (χ0) is 15.1. The van der Waals surface area contributed by atoms with Gasteiger partial charge in [0, 0.05) is 17.8 Å². The summed E-state index contributed by atoms with van der Waals surface area (Å²) in [6.07, 6.45) is 1.21. The van der Waals surface area contributed by atoms with Crippen LogP contribution in [0.3, 0.4) is 0 Å². The number of nitrogens with zero attached hydrogens (tertiary/aromatic N) is 1. The van der Waals surface area contributed by atoms with E-state index in [1.807, 2.05) is 0 Å². The van der Waals surface area contributed by atoms with Gasteiger partial charge < -0.3 is 10.1 Å². The molecular weight excluding hydrogens is 283 g/mol. The number of hydrogen-bond acceptors (Lipinski definition) is 3. The zero-order valence-electron chi connectivity index (χ0n) is 11.0. The van der Waals surface area contributed by atoms with Crippen LogP contribution in [0.1, 0.15) is 5.56 Å². The molecule has 0 bridgehead atoms. The van der Waals surface area contributed by atoms with E-state index < -0.39 is 11.7 Å². The Kier molecular flexibility index (Phi) is 5.93. The van der Waals surface area contributed by atoms with Gasteiger partial charge in [-0.15, -0.1) is 0 Å². The molecule has 1 aromatic carbocycles. The normalized spacial score (nSPS) is 10.8. The largest absolute Gasteiger partial charge is 0.494 e. The Hall–Kier alpha value is -2.14. The number of benzene rings is 1. The number of amides is 1. The minimum Gasteiger partial charge on any atom is -0.494 e. The number of rotatable bonds is 6. The third-order valence-corrected chi connectivity index (χ3v) is 2.63. The number of aliphatic imine (C=N–C) groups is 1. The molecule has 1 N–H and O–H groups in total. The van der Waals surface area contributed by atoms with Crippen LogP contribution in [-0.2, 0) is 11.3 Å².